The van der Waals surface area contributed by atoms with E-state index in [9.17, 15) is 16.8 Å². The number of sulfone groups is 2. The fourth-order valence-corrected chi connectivity index (χ4v) is 6.97. The first-order valence-electron chi connectivity index (χ1n) is 11.5. The molecule has 0 aromatic heterocycles. The Bertz CT molecular complexity index is 1830. The first-order valence-corrected chi connectivity index (χ1v) is 15.2. The number of hydrogen-bond acceptors (Lipinski definition) is 4. The minimum atomic E-state index is -3.86. The van der Waals surface area contributed by atoms with Crippen LogP contribution in [0.25, 0.3) is 22.3 Å². The zero-order chi connectivity index (χ0) is 26.9. The molecule has 8 heteroatoms. The normalized spacial score (nSPS) is 11.8. The lowest BCUT2D eigenvalue weighted by Gasteiger charge is -2.15. The predicted molar refractivity (Wildman–Crippen MR) is 151 cm³/mol. The van der Waals surface area contributed by atoms with Crippen molar-refractivity contribution in [3.63, 3.8) is 0 Å². The van der Waals surface area contributed by atoms with Gasteiger partial charge in [-0.25, -0.2) is 16.8 Å². The molecule has 0 saturated carbocycles. The molecule has 0 spiro atoms. The highest BCUT2D eigenvalue weighted by Gasteiger charge is 2.22. The molecule has 0 saturated heterocycles. The summed E-state index contributed by atoms with van der Waals surface area (Å²) < 4.78 is 53.7. The summed E-state index contributed by atoms with van der Waals surface area (Å²) in [6, 6.07) is 32.8. The molecule has 4 nitrogen and oxygen atoms in total. The zero-order valence-electron chi connectivity index (χ0n) is 19.8. The molecule has 0 bridgehead atoms. The quantitative estimate of drug-likeness (QED) is 0.205. The molecule has 190 valence electrons. The summed E-state index contributed by atoms with van der Waals surface area (Å²) in [7, 11) is -7.70. The van der Waals surface area contributed by atoms with Crippen molar-refractivity contribution in [3.8, 4) is 22.3 Å². The average Bonchev–Trinajstić information content (AvgIpc) is 2.94. The Kier molecular flexibility index (Phi) is 7.16. The van der Waals surface area contributed by atoms with Gasteiger partial charge >= 0.3 is 0 Å². The van der Waals surface area contributed by atoms with Crippen LogP contribution in [-0.2, 0) is 19.7 Å². The summed E-state index contributed by atoms with van der Waals surface area (Å²) in [5.74, 6) is 0. The van der Waals surface area contributed by atoms with Crippen LogP contribution in [0.15, 0.2) is 141 Å². The van der Waals surface area contributed by atoms with Crippen LogP contribution in [0.3, 0.4) is 0 Å². The van der Waals surface area contributed by atoms with Gasteiger partial charge in [-0.05, 0) is 95.1 Å². The van der Waals surface area contributed by atoms with Crippen LogP contribution in [0, 0.1) is 0 Å². The highest BCUT2D eigenvalue weighted by Crippen LogP contribution is 2.37. The number of hydrogen-bond donors (Lipinski definition) is 0. The zero-order valence-corrected chi connectivity index (χ0v) is 22.9. The van der Waals surface area contributed by atoms with Crippen LogP contribution in [0.2, 0.25) is 10.0 Å². The minimum absolute atomic E-state index is 0.0838. The van der Waals surface area contributed by atoms with E-state index in [2.05, 4.69) is 0 Å². The second kappa shape index (κ2) is 10.4. The lowest BCUT2D eigenvalue weighted by molar-refractivity contribution is 0.594. The van der Waals surface area contributed by atoms with Gasteiger partial charge in [-0.2, -0.15) is 0 Å². The monoisotopic (exact) mass is 578 g/mol. The van der Waals surface area contributed by atoms with Crippen molar-refractivity contribution in [1.29, 1.82) is 0 Å². The molecule has 38 heavy (non-hydrogen) atoms. The summed E-state index contributed by atoms with van der Waals surface area (Å²) in [5.41, 5.74) is 2.78. The number of halogens is 2. The maximum absolute atomic E-state index is 13.5. The molecule has 0 unspecified atom stereocenters. The first kappa shape index (κ1) is 26.2. The van der Waals surface area contributed by atoms with Crippen LogP contribution < -0.4 is 0 Å². The van der Waals surface area contributed by atoms with Crippen molar-refractivity contribution in [2.45, 2.75) is 19.6 Å². The first-order chi connectivity index (χ1) is 18.2. The van der Waals surface area contributed by atoms with Gasteiger partial charge in [0.25, 0.3) is 0 Å². The van der Waals surface area contributed by atoms with E-state index in [1.54, 1.807) is 36.4 Å². The van der Waals surface area contributed by atoms with Crippen molar-refractivity contribution in [1.82, 2.24) is 0 Å². The standard InChI is InChI=1S/C30H20Cl2O4S2/c31-23-9-13-25(14-10-23)37(33,34)27-8-4-7-22(19-27)30-20-28(17-18-29(30)21-5-2-1-3-6-21)38(35,36)26-15-11-24(32)12-16-26/h1-20H. The second-order valence-corrected chi connectivity index (χ2v) is 13.3. The summed E-state index contributed by atoms with van der Waals surface area (Å²) in [5, 5.41) is 0.867. The third-order valence-corrected chi connectivity index (χ3v) is 10.1. The molecule has 0 aliphatic carbocycles. The summed E-state index contributed by atoms with van der Waals surface area (Å²) in [4.78, 5) is 0.392. The summed E-state index contributed by atoms with van der Waals surface area (Å²) >= 11 is 11.9. The molecule has 0 aliphatic heterocycles. The van der Waals surface area contributed by atoms with Crippen LogP contribution in [0.1, 0.15) is 0 Å². The molecule has 0 atom stereocenters. The van der Waals surface area contributed by atoms with Crippen LogP contribution >= 0.6 is 23.2 Å². The average molecular weight is 580 g/mol. The molecular formula is C30H20Cl2O4S2. The highest BCUT2D eigenvalue weighted by molar-refractivity contribution is 7.91. The molecule has 0 radical (unpaired) electrons. The van der Waals surface area contributed by atoms with Crippen molar-refractivity contribution in [2.75, 3.05) is 0 Å². The van der Waals surface area contributed by atoms with E-state index >= 15 is 0 Å². The Labute approximate surface area is 232 Å². The van der Waals surface area contributed by atoms with E-state index in [4.69, 9.17) is 23.2 Å². The molecule has 0 N–H and O–H groups in total. The molecule has 5 rings (SSSR count). The molecule has 5 aromatic carbocycles. The van der Waals surface area contributed by atoms with Gasteiger partial charge in [0.15, 0.2) is 0 Å². The fraction of sp³-hybridized carbons (Fsp3) is 0. The van der Waals surface area contributed by atoms with E-state index < -0.39 is 19.7 Å². The molecule has 0 fully saturated rings. The number of benzene rings is 5. The SMILES string of the molecule is O=S(=O)(c1ccc(Cl)cc1)c1cccc(-c2cc(S(=O)(=O)c3ccc(Cl)cc3)ccc2-c2ccccc2)c1. The smallest absolute Gasteiger partial charge is 0.206 e. The Morgan fingerprint density at radius 2 is 0.868 bits per heavy atom. The van der Waals surface area contributed by atoms with Gasteiger partial charge in [0, 0.05) is 10.0 Å². The minimum Gasteiger partial charge on any atom is -0.219 e. The Morgan fingerprint density at radius 1 is 0.395 bits per heavy atom. The van der Waals surface area contributed by atoms with E-state index in [0.29, 0.717) is 21.2 Å². The summed E-state index contributed by atoms with van der Waals surface area (Å²) in [6.45, 7) is 0. The van der Waals surface area contributed by atoms with E-state index in [1.807, 2.05) is 30.3 Å². The van der Waals surface area contributed by atoms with Gasteiger partial charge < -0.3 is 0 Å². The van der Waals surface area contributed by atoms with Gasteiger partial charge in [-0.15, -0.1) is 0 Å². The van der Waals surface area contributed by atoms with Crippen molar-refractivity contribution < 1.29 is 16.8 Å². The summed E-state index contributed by atoms with van der Waals surface area (Å²) in [6.07, 6.45) is 0. The van der Waals surface area contributed by atoms with E-state index in [0.717, 1.165) is 11.1 Å². The Balaban J connectivity index is 1.69. The largest absolute Gasteiger partial charge is 0.219 e. The molecular weight excluding hydrogens is 559 g/mol. The second-order valence-electron chi connectivity index (χ2n) is 8.52. The van der Waals surface area contributed by atoms with E-state index in [1.165, 1.54) is 54.6 Å². The third kappa shape index (κ3) is 5.13. The molecule has 0 amide bonds. The van der Waals surface area contributed by atoms with Gasteiger partial charge in [0.2, 0.25) is 19.7 Å². The topological polar surface area (TPSA) is 68.3 Å². The number of rotatable bonds is 6. The Hall–Kier alpha value is -3.42. The van der Waals surface area contributed by atoms with Gasteiger partial charge in [-0.1, -0.05) is 71.7 Å². The van der Waals surface area contributed by atoms with Crippen LogP contribution in [0.4, 0.5) is 0 Å². The van der Waals surface area contributed by atoms with Crippen molar-refractivity contribution >= 4 is 42.9 Å². The maximum atomic E-state index is 13.5. The lowest BCUT2D eigenvalue weighted by atomic mass is 9.95. The fourth-order valence-electron chi connectivity index (χ4n) is 4.13. The third-order valence-electron chi connectivity index (χ3n) is 6.09. The molecule has 5 aromatic rings. The Morgan fingerprint density at radius 3 is 1.42 bits per heavy atom. The van der Waals surface area contributed by atoms with Gasteiger partial charge in [0.05, 0.1) is 19.6 Å². The van der Waals surface area contributed by atoms with Crippen LogP contribution in [0.5, 0.6) is 0 Å². The highest BCUT2D eigenvalue weighted by atomic mass is 35.5. The van der Waals surface area contributed by atoms with Crippen LogP contribution in [-0.4, -0.2) is 16.8 Å². The lowest BCUT2D eigenvalue weighted by Crippen LogP contribution is -2.04. The van der Waals surface area contributed by atoms with Gasteiger partial charge in [-0.3, -0.25) is 0 Å². The van der Waals surface area contributed by atoms with Crippen molar-refractivity contribution in [2.24, 2.45) is 0 Å². The molecule has 0 heterocycles. The van der Waals surface area contributed by atoms with Gasteiger partial charge in [0.1, 0.15) is 0 Å². The maximum Gasteiger partial charge on any atom is 0.206 e. The molecule has 0 aliphatic rings. The predicted octanol–water partition coefficient (Wildman–Crippen LogP) is 7.99. The van der Waals surface area contributed by atoms with E-state index in [-0.39, 0.29) is 19.6 Å². The van der Waals surface area contributed by atoms with Crippen molar-refractivity contribution in [3.05, 3.63) is 131 Å².